The molecule has 0 spiro atoms. The van der Waals surface area contributed by atoms with Gasteiger partial charge in [-0.15, -0.1) is 22.7 Å². The number of phenolic OH excluding ortho intramolecular Hbond substituents is 1. The molecule has 4 heterocycles. The van der Waals surface area contributed by atoms with Crippen molar-refractivity contribution in [3.8, 4) is 5.75 Å². The van der Waals surface area contributed by atoms with Crippen LogP contribution in [0.2, 0.25) is 18.1 Å². The number of aliphatic hydroxyl groups is 1. The highest BCUT2D eigenvalue weighted by Gasteiger charge is 2.45. The van der Waals surface area contributed by atoms with Crippen molar-refractivity contribution in [3.05, 3.63) is 119 Å². The van der Waals surface area contributed by atoms with E-state index in [4.69, 9.17) is 9.16 Å². The Morgan fingerprint density at radius 2 is 1.68 bits per heavy atom. The molecule has 320 valence electrons. The van der Waals surface area contributed by atoms with Crippen molar-refractivity contribution >= 4 is 58.9 Å². The Morgan fingerprint density at radius 1 is 0.983 bits per heavy atom. The first-order chi connectivity index (χ1) is 28.5. The minimum absolute atomic E-state index is 0.0157. The Morgan fingerprint density at radius 3 is 2.33 bits per heavy atom. The second kappa shape index (κ2) is 17.9. The molecule has 1 aliphatic carbocycles. The van der Waals surface area contributed by atoms with Gasteiger partial charge in [-0.25, -0.2) is 9.59 Å². The van der Waals surface area contributed by atoms with Crippen molar-refractivity contribution < 1.29 is 24.2 Å². The van der Waals surface area contributed by atoms with Crippen molar-refractivity contribution in [2.75, 3.05) is 20.1 Å². The Bertz CT molecular complexity index is 2480. The molecule has 1 fully saturated rings. The molecule has 5 N–H and O–H groups in total. The minimum atomic E-state index is -2.23. The molecule has 0 saturated heterocycles. The van der Waals surface area contributed by atoms with Crippen LogP contribution in [-0.4, -0.2) is 76.2 Å². The van der Waals surface area contributed by atoms with Crippen LogP contribution in [0.25, 0.3) is 21.9 Å². The lowest BCUT2D eigenvalue weighted by molar-refractivity contribution is -0.169. The normalized spacial score (nSPS) is 17.1. The summed E-state index contributed by atoms with van der Waals surface area (Å²) < 4.78 is 14.7. The number of carbonyl (C=O) groups excluding carboxylic acids is 1. The van der Waals surface area contributed by atoms with Gasteiger partial charge in [-0.1, -0.05) is 45.0 Å². The molecule has 0 radical (unpaired) electrons. The lowest BCUT2D eigenvalue weighted by Gasteiger charge is -2.39. The Labute approximate surface area is 359 Å². The summed E-state index contributed by atoms with van der Waals surface area (Å²) in [5, 5.41) is 30.2. The molecule has 1 atom stereocenters. The summed E-state index contributed by atoms with van der Waals surface area (Å²) in [4.78, 5) is 48.0. The van der Waals surface area contributed by atoms with Crippen LogP contribution in [0.15, 0.2) is 87.1 Å². The van der Waals surface area contributed by atoms with E-state index in [1.807, 2.05) is 51.7 Å². The summed E-state index contributed by atoms with van der Waals surface area (Å²) in [6, 6.07) is 20.3. The number of benzene rings is 2. The van der Waals surface area contributed by atoms with Crippen molar-refractivity contribution in [2.45, 2.75) is 108 Å². The first kappa shape index (κ1) is 43.7. The summed E-state index contributed by atoms with van der Waals surface area (Å²) in [6.07, 6.45) is 3.42. The number of aryl methyl sites for hydroxylation is 1. The SMILES string of the molecule is CN(CCCn1c(=O)[nH]c2cc(CNC[C@@H](O[Si](C)(C)C(C)(C)C)c3ccc(O)c4[nH]c(=O)ccc34)ccc21)C1CCC(OC(=O)C(O)(c2cccs2)c2cccs2)CC1. The predicted octanol–water partition coefficient (Wildman–Crippen LogP) is 7.96. The van der Waals surface area contributed by atoms with Crippen LogP contribution in [-0.2, 0) is 32.6 Å². The largest absolute Gasteiger partial charge is 0.506 e. The van der Waals surface area contributed by atoms with Gasteiger partial charge in [0.25, 0.3) is 0 Å². The number of esters is 1. The van der Waals surface area contributed by atoms with Crippen molar-refractivity contribution in [3.63, 3.8) is 0 Å². The number of ether oxygens (including phenoxy) is 1. The van der Waals surface area contributed by atoms with Crippen LogP contribution in [0, 0.1) is 0 Å². The van der Waals surface area contributed by atoms with Gasteiger partial charge in [0.2, 0.25) is 11.2 Å². The van der Waals surface area contributed by atoms with E-state index in [1.54, 1.807) is 24.3 Å². The van der Waals surface area contributed by atoms with Gasteiger partial charge in [0.1, 0.15) is 11.9 Å². The highest BCUT2D eigenvalue weighted by atomic mass is 32.1. The topological polar surface area (TPSA) is 162 Å². The number of fused-ring (bicyclic) bond motifs is 2. The summed E-state index contributed by atoms with van der Waals surface area (Å²) in [6.45, 7) is 13.5. The number of aromatic amines is 2. The summed E-state index contributed by atoms with van der Waals surface area (Å²) >= 11 is 2.69. The number of hydrogen-bond acceptors (Lipinski definition) is 11. The molecular weight excluding hydrogens is 815 g/mol. The molecule has 0 amide bonds. The van der Waals surface area contributed by atoms with Gasteiger partial charge >= 0.3 is 11.7 Å². The average Bonchev–Trinajstić information content (AvgIpc) is 4.01. The fourth-order valence-electron chi connectivity index (χ4n) is 7.97. The highest BCUT2D eigenvalue weighted by Crippen LogP contribution is 2.42. The molecule has 12 nitrogen and oxygen atoms in total. The quantitative estimate of drug-likeness (QED) is 0.0480. The maximum absolute atomic E-state index is 13.5. The summed E-state index contributed by atoms with van der Waals surface area (Å²) in [5.41, 5.74) is 1.74. The maximum atomic E-state index is 13.5. The van der Waals surface area contributed by atoms with E-state index in [1.165, 1.54) is 28.7 Å². The van der Waals surface area contributed by atoms with E-state index in [0.29, 0.717) is 40.9 Å². The first-order valence-electron chi connectivity index (χ1n) is 20.7. The highest BCUT2D eigenvalue weighted by molar-refractivity contribution is 7.12. The standard InChI is InChI=1S/C45H57N5O7S2Si/c1-44(2,3)60(5,6)57-37(32-17-20-36(51)41-33(32)18-21-40(52)48-41)28-46-27-29-12-19-35-34(26-29)47-43(54)50(35)23-9-22-49(4)30-13-15-31(16-14-30)56-42(53)45(55,38-10-7-24-58-38)39-11-8-25-59-39/h7-8,10-12,17-21,24-26,30-31,37,46,51,55H,9,13-16,22-23,27-28H2,1-6H3,(H,47,54)(H,48,52)/t30?,31?,37-/m1/s1. The van der Waals surface area contributed by atoms with Crippen molar-refractivity contribution in [2.24, 2.45) is 0 Å². The van der Waals surface area contributed by atoms with Crippen LogP contribution in [0.1, 0.15) is 79.9 Å². The van der Waals surface area contributed by atoms with Crippen LogP contribution >= 0.6 is 22.7 Å². The summed E-state index contributed by atoms with van der Waals surface area (Å²) in [7, 11) is -0.115. The fraction of sp³-hybridized carbons (Fsp3) is 0.444. The number of H-pyrrole nitrogens is 2. The van der Waals surface area contributed by atoms with Crippen LogP contribution in [0.5, 0.6) is 5.75 Å². The Kier molecular flexibility index (Phi) is 13.1. The number of rotatable bonds is 16. The van der Waals surface area contributed by atoms with Gasteiger partial charge in [-0.2, -0.15) is 0 Å². The molecule has 7 rings (SSSR count). The zero-order chi connectivity index (χ0) is 42.8. The van der Waals surface area contributed by atoms with E-state index in [9.17, 15) is 24.6 Å². The molecular formula is C45H57N5O7S2Si. The van der Waals surface area contributed by atoms with E-state index < -0.39 is 19.9 Å². The number of imidazole rings is 1. The Balaban J connectivity index is 0.930. The maximum Gasteiger partial charge on any atom is 0.349 e. The predicted molar refractivity (Wildman–Crippen MR) is 243 cm³/mol. The van der Waals surface area contributed by atoms with Gasteiger partial charge < -0.3 is 39.6 Å². The molecule has 0 unspecified atom stereocenters. The molecule has 15 heteroatoms. The second-order valence-electron chi connectivity index (χ2n) is 17.6. The van der Waals surface area contributed by atoms with E-state index in [-0.39, 0.29) is 34.2 Å². The van der Waals surface area contributed by atoms with Crippen LogP contribution in [0.4, 0.5) is 0 Å². The lowest BCUT2D eigenvalue weighted by atomic mass is 9.91. The lowest BCUT2D eigenvalue weighted by Crippen LogP contribution is -2.43. The van der Waals surface area contributed by atoms with Crippen molar-refractivity contribution in [1.82, 2.24) is 24.8 Å². The number of hydrogen-bond donors (Lipinski definition) is 5. The van der Waals surface area contributed by atoms with Gasteiger partial charge in [0.05, 0.1) is 32.4 Å². The fourth-order valence-corrected chi connectivity index (χ4v) is 11.0. The molecule has 0 aliphatic heterocycles. The third-order valence-electron chi connectivity index (χ3n) is 12.5. The third kappa shape index (κ3) is 9.27. The molecule has 0 bridgehead atoms. The van der Waals surface area contributed by atoms with Gasteiger partial charge in [-0.05, 0) is 122 Å². The first-order valence-corrected chi connectivity index (χ1v) is 25.4. The number of aromatic hydroxyl groups is 1. The van der Waals surface area contributed by atoms with Gasteiger partial charge in [-0.3, -0.25) is 9.36 Å². The summed E-state index contributed by atoms with van der Waals surface area (Å²) in [5.74, 6) is -0.598. The third-order valence-corrected chi connectivity index (χ3v) is 18.9. The number of aromatic nitrogens is 3. The number of carbonyl (C=O) groups is 1. The molecule has 1 saturated carbocycles. The average molecular weight is 872 g/mol. The minimum Gasteiger partial charge on any atom is -0.506 e. The zero-order valence-corrected chi connectivity index (χ0v) is 37.9. The van der Waals surface area contributed by atoms with E-state index in [0.717, 1.165) is 66.2 Å². The van der Waals surface area contributed by atoms with Crippen molar-refractivity contribution in [1.29, 1.82) is 0 Å². The number of pyridine rings is 1. The molecule has 4 aromatic heterocycles. The number of thiophene rings is 2. The van der Waals surface area contributed by atoms with E-state index >= 15 is 0 Å². The van der Waals surface area contributed by atoms with Gasteiger partial charge in [0.15, 0.2) is 8.32 Å². The monoisotopic (exact) mass is 871 g/mol. The van der Waals surface area contributed by atoms with Crippen LogP contribution < -0.4 is 16.6 Å². The smallest absolute Gasteiger partial charge is 0.349 e. The number of nitrogens with one attached hydrogen (secondary N) is 3. The second-order valence-corrected chi connectivity index (χ2v) is 24.2. The molecule has 1 aliphatic rings. The Hall–Kier alpha value is -4.35. The zero-order valence-electron chi connectivity index (χ0n) is 35.2. The molecule has 6 aromatic rings. The number of nitrogens with zero attached hydrogens (tertiary/aromatic N) is 2. The van der Waals surface area contributed by atoms with E-state index in [2.05, 4.69) is 61.1 Å². The molecule has 60 heavy (non-hydrogen) atoms. The van der Waals surface area contributed by atoms with Crippen LogP contribution in [0.3, 0.4) is 0 Å². The van der Waals surface area contributed by atoms with Gasteiger partial charge in [0, 0.05) is 37.1 Å². The molecule has 2 aromatic carbocycles. The number of phenols is 1.